The van der Waals surface area contributed by atoms with Crippen LogP contribution in [0.5, 0.6) is 5.75 Å². The fourth-order valence-electron chi connectivity index (χ4n) is 1.90. The molecule has 108 valence electrons. The maximum absolute atomic E-state index is 11.9. The number of carbonyl (C=O) groups is 1. The third-order valence-electron chi connectivity index (χ3n) is 2.66. The van der Waals surface area contributed by atoms with Gasteiger partial charge in [-0.15, -0.1) is 0 Å². The largest absolute Gasteiger partial charge is 0.488 e. The third kappa shape index (κ3) is 4.24. The Hall–Kier alpha value is -1.56. The van der Waals surface area contributed by atoms with Crippen molar-refractivity contribution < 1.29 is 14.3 Å². The van der Waals surface area contributed by atoms with Gasteiger partial charge >= 0.3 is 5.97 Å². The summed E-state index contributed by atoms with van der Waals surface area (Å²) in [6.07, 6.45) is 3.51. The van der Waals surface area contributed by atoms with Gasteiger partial charge in [0.2, 0.25) is 0 Å². The summed E-state index contributed by atoms with van der Waals surface area (Å²) in [7, 11) is 1.38. The molecule has 1 aromatic heterocycles. The van der Waals surface area contributed by atoms with E-state index in [-0.39, 0.29) is 12.1 Å². The number of nitrogens with zero attached hydrogens (tertiary/aromatic N) is 2. The summed E-state index contributed by atoms with van der Waals surface area (Å²) >= 11 is 0. The van der Waals surface area contributed by atoms with Crippen molar-refractivity contribution in [2.24, 2.45) is 0 Å². The lowest BCUT2D eigenvalue weighted by Gasteiger charge is -2.27. The fourth-order valence-corrected chi connectivity index (χ4v) is 1.90. The Labute approximate surface area is 114 Å². The standard InChI is InChI=1S/C13H23N3O3/c1-6-14-13(4,12(17)18-5)9-16-8-11(7-15-16)19-10(2)3/h7-8,10,14H,6,9H2,1-5H3. The van der Waals surface area contributed by atoms with E-state index in [1.165, 1.54) is 7.11 Å². The second-order valence-corrected chi connectivity index (χ2v) is 4.89. The summed E-state index contributed by atoms with van der Waals surface area (Å²) in [6, 6.07) is 0. The van der Waals surface area contributed by atoms with E-state index in [0.29, 0.717) is 18.8 Å². The van der Waals surface area contributed by atoms with Crippen molar-refractivity contribution >= 4 is 5.97 Å². The van der Waals surface area contributed by atoms with Crippen LogP contribution in [0.2, 0.25) is 0 Å². The SMILES string of the molecule is CCNC(C)(Cn1cc(OC(C)C)cn1)C(=O)OC. The van der Waals surface area contributed by atoms with Gasteiger partial charge < -0.3 is 14.8 Å². The van der Waals surface area contributed by atoms with Crippen LogP contribution in [0.25, 0.3) is 0 Å². The molecule has 0 amide bonds. The minimum atomic E-state index is -0.801. The summed E-state index contributed by atoms with van der Waals surface area (Å²) in [5.74, 6) is 0.384. The summed E-state index contributed by atoms with van der Waals surface area (Å²) in [5, 5.41) is 7.33. The van der Waals surface area contributed by atoms with Gasteiger partial charge in [-0.1, -0.05) is 6.92 Å². The second kappa shape index (κ2) is 6.56. The molecule has 0 aliphatic rings. The predicted molar refractivity (Wildman–Crippen MR) is 72.1 cm³/mol. The Bertz CT molecular complexity index is 417. The van der Waals surface area contributed by atoms with Gasteiger partial charge in [-0.2, -0.15) is 5.10 Å². The van der Waals surface area contributed by atoms with Gasteiger partial charge in [-0.3, -0.25) is 4.68 Å². The first-order valence-electron chi connectivity index (χ1n) is 6.44. The Morgan fingerprint density at radius 3 is 2.79 bits per heavy atom. The molecule has 0 aromatic carbocycles. The average Bonchev–Trinajstić information content (AvgIpc) is 2.74. The van der Waals surface area contributed by atoms with E-state index in [4.69, 9.17) is 9.47 Å². The van der Waals surface area contributed by atoms with Crippen LogP contribution in [-0.4, -0.2) is 41.0 Å². The number of hydrogen-bond donors (Lipinski definition) is 1. The van der Waals surface area contributed by atoms with Crippen LogP contribution in [0.3, 0.4) is 0 Å². The molecule has 0 saturated heterocycles. The highest BCUT2D eigenvalue weighted by Gasteiger charge is 2.34. The van der Waals surface area contributed by atoms with E-state index >= 15 is 0 Å². The molecule has 0 aliphatic carbocycles. The molecule has 0 radical (unpaired) electrons. The maximum atomic E-state index is 11.9. The molecule has 0 aliphatic heterocycles. The van der Waals surface area contributed by atoms with Crippen LogP contribution in [-0.2, 0) is 16.1 Å². The first kappa shape index (κ1) is 15.5. The van der Waals surface area contributed by atoms with E-state index < -0.39 is 5.54 Å². The molecule has 1 N–H and O–H groups in total. The molecule has 1 atom stereocenters. The number of likely N-dealkylation sites (N-methyl/N-ethyl adjacent to an activating group) is 1. The molecule has 19 heavy (non-hydrogen) atoms. The quantitative estimate of drug-likeness (QED) is 0.754. The third-order valence-corrected chi connectivity index (χ3v) is 2.66. The van der Waals surface area contributed by atoms with E-state index in [1.807, 2.05) is 20.8 Å². The number of ether oxygens (including phenoxy) is 2. The first-order chi connectivity index (χ1) is 8.91. The van der Waals surface area contributed by atoms with Crippen molar-refractivity contribution in [1.82, 2.24) is 15.1 Å². The zero-order chi connectivity index (χ0) is 14.5. The van der Waals surface area contributed by atoms with Crippen LogP contribution >= 0.6 is 0 Å². The highest BCUT2D eigenvalue weighted by Crippen LogP contribution is 2.14. The molecule has 6 heteroatoms. The summed E-state index contributed by atoms with van der Waals surface area (Å²) in [5.41, 5.74) is -0.801. The van der Waals surface area contributed by atoms with Crippen molar-refractivity contribution in [2.45, 2.75) is 45.9 Å². The lowest BCUT2D eigenvalue weighted by atomic mass is 10.0. The van der Waals surface area contributed by atoms with E-state index in [0.717, 1.165) is 0 Å². The van der Waals surface area contributed by atoms with Crippen LogP contribution in [0, 0.1) is 0 Å². The molecule has 1 unspecified atom stereocenters. The van der Waals surface area contributed by atoms with Crippen molar-refractivity contribution in [1.29, 1.82) is 0 Å². The number of aromatic nitrogens is 2. The van der Waals surface area contributed by atoms with Gasteiger partial charge in [0.1, 0.15) is 5.54 Å². The highest BCUT2D eigenvalue weighted by molar-refractivity contribution is 5.80. The molecule has 6 nitrogen and oxygen atoms in total. The molecule has 1 aromatic rings. The lowest BCUT2D eigenvalue weighted by Crippen LogP contribution is -2.53. The number of hydrogen-bond acceptors (Lipinski definition) is 5. The summed E-state index contributed by atoms with van der Waals surface area (Å²) in [6.45, 7) is 8.70. The van der Waals surface area contributed by atoms with Gasteiger partial charge in [0.05, 0.1) is 32.2 Å². The highest BCUT2D eigenvalue weighted by atomic mass is 16.5. The molecule has 0 saturated carbocycles. The Balaban J connectivity index is 2.79. The first-order valence-corrected chi connectivity index (χ1v) is 6.44. The van der Waals surface area contributed by atoms with E-state index in [9.17, 15) is 4.79 Å². The van der Waals surface area contributed by atoms with Gasteiger partial charge in [0, 0.05) is 0 Å². The van der Waals surface area contributed by atoms with Gasteiger partial charge in [-0.25, -0.2) is 4.79 Å². The van der Waals surface area contributed by atoms with Crippen molar-refractivity contribution in [3.05, 3.63) is 12.4 Å². The molecular formula is C13H23N3O3. The molecule has 0 fully saturated rings. The molecule has 1 rings (SSSR count). The second-order valence-electron chi connectivity index (χ2n) is 4.89. The zero-order valence-corrected chi connectivity index (χ0v) is 12.3. The normalized spacial score (nSPS) is 14.2. The Morgan fingerprint density at radius 1 is 1.58 bits per heavy atom. The Kier molecular flexibility index (Phi) is 5.35. The van der Waals surface area contributed by atoms with Gasteiger partial charge in [-0.05, 0) is 27.3 Å². The minimum absolute atomic E-state index is 0.0957. The van der Waals surface area contributed by atoms with Crippen LogP contribution < -0.4 is 10.1 Å². The topological polar surface area (TPSA) is 65.4 Å². The number of methoxy groups -OCH3 is 1. The summed E-state index contributed by atoms with van der Waals surface area (Å²) in [4.78, 5) is 11.9. The molecular weight excluding hydrogens is 246 g/mol. The van der Waals surface area contributed by atoms with E-state index in [1.54, 1.807) is 24.0 Å². The summed E-state index contributed by atoms with van der Waals surface area (Å²) < 4.78 is 12.1. The predicted octanol–water partition coefficient (Wildman–Crippen LogP) is 1.21. The average molecular weight is 269 g/mol. The van der Waals surface area contributed by atoms with Crippen LogP contribution in [0.15, 0.2) is 12.4 Å². The van der Waals surface area contributed by atoms with Crippen molar-refractivity contribution in [2.75, 3.05) is 13.7 Å². The smallest absolute Gasteiger partial charge is 0.327 e. The Morgan fingerprint density at radius 2 is 2.26 bits per heavy atom. The number of esters is 1. The van der Waals surface area contributed by atoms with Crippen molar-refractivity contribution in [3.63, 3.8) is 0 Å². The lowest BCUT2D eigenvalue weighted by molar-refractivity contribution is -0.148. The van der Waals surface area contributed by atoms with Gasteiger partial charge in [0.25, 0.3) is 0 Å². The zero-order valence-electron chi connectivity index (χ0n) is 12.3. The molecule has 0 spiro atoms. The number of nitrogens with one attached hydrogen (secondary N) is 1. The van der Waals surface area contributed by atoms with Gasteiger partial charge in [0.15, 0.2) is 5.75 Å². The van der Waals surface area contributed by atoms with E-state index in [2.05, 4.69) is 10.4 Å². The van der Waals surface area contributed by atoms with Crippen LogP contribution in [0.4, 0.5) is 0 Å². The maximum Gasteiger partial charge on any atom is 0.327 e. The molecule has 0 bridgehead atoms. The number of carbonyl (C=O) groups excluding carboxylic acids is 1. The number of rotatable bonds is 7. The van der Waals surface area contributed by atoms with Crippen LogP contribution in [0.1, 0.15) is 27.7 Å². The van der Waals surface area contributed by atoms with Crippen molar-refractivity contribution in [3.8, 4) is 5.75 Å². The monoisotopic (exact) mass is 269 g/mol. The fraction of sp³-hybridized carbons (Fsp3) is 0.692. The minimum Gasteiger partial charge on any atom is -0.488 e. The molecule has 1 heterocycles.